The van der Waals surface area contributed by atoms with E-state index in [1.807, 2.05) is 0 Å². The number of rotatable bonds is 4. The van der Waals surface area contributed by atoms with Gasteiger partial charge in [-0.25, -0.2) is 4.39 Å². The lowest BCUT2D eigenvalue weighted by Crippen LogP contribution is -2.35. The van der Waals surface area contributed by atoms with Gasteiger partial charge in [0.2, 0.25) is 0 Å². The van der Waals surface area contributed by atoms with Gasteiger partial charge in [-0.2, -0.15) is 0 Å². The lowest BCUT2D eigenvalue weighted by molar-refractivity contribution is 0.110. The zero-order valence-corrected chi connectivity index (χ0v) is 8.72. The van der Waals surface area contributed by atoms with Crippen LogP contribution >= 0.6 is 11.6 Å². The summed E-state index contributed by atoms with van der Waals surface area (Å²) in [6, 6.07) is 6.76. The van der Waals surface area contributed by atoms with Crippen molar-refractivity contribution in [2.24, 2.45) is 5.73 Å². The first-order valence-corrected chi connectivity index (χ1v) is 4.69. The molecule has 0 saturated heterocycles. The summed E-state index contributed by atoms with van der Waals surface area (Å²) in [7, 11) is 0. The van der Waals surface area contributed by atoms with E-state index in [0.717, 1.165) is 0 Å². The number of nitrogens with two attached hydrogens (primary N) is 1. The van der Waals surface area contributed by atoms with Gasteiger partial charge in [0.1, 0.15) is 12.4 Å². The van der Waals surface area contributed by atoms with Crippen LogP contribution in [0.15, 0.2) is 24.3 Å². The molecule has 0 amide bonds. The Hall–Kier alpha value is -0.800. The summed E-state index contributed by atoms with van der Waals surface area (Å²) >= 11 is 5.68. The summed E-state index contributed by atoms with van der Waals surface area (Å²) < 4.78 is 18.5. The monoisotopic (exact) mass is 217 g/mol. The van der Waals surface area contributed by atoms with Gasteiger partial charge in [-0.1, -0.05) is 11.6 Å². The normalized spacial score (nSPS) is 14.9. The molecule has 0 fully saturated rings. The fourth-order valence-corrected chi connectivity index (χ4v) is 0.950. The minimum absolute atomic E-state index is 0.0505. The van der Waals surface area contributed by atoms with Gasteiger partial charge < -0.3 is 10.5 Å². The molecule has 0 aliphatic carbocycles. The van der Waals surface area contributed by atoms with E-state index in [1.165, 1.54) is 6.92 Å². The van der Waals surface area contributed by atoms with E-state index < -0.39 is 5.67 Å². The third kappa shape index (κ3) is 3.52. The molecule has 0 bridgehead atoms. The van der Waals surface area contributed by atoms with E-state index in [1.54, 1.807) is 24.3 Å². The lowest BCUT2D eigenvalue weighted by Gasteiger charge is -2.18. The molecule has 0 aliphatic rings. The van der Waals surface area contributed by atoms with E-state index in [0.29, 0.717) is 10.8 Å². The van der Waals surface area contributed by atoms with Crippen LogP contribution in [0, 0.1) is 0 Å². The summed E-state index contributed by atoms with van der Waals surface area (Å²) in [4.78, 5) is 0. The topological polar surface area (TPSA) is 35.2 Å². The average Bonchev–Trinajstić information content (AvgIpc) is 2.17. The van der Waals surface area contributed by atoms with Crippen LogP contribution in [-0.2, 0) is 0 Å². The first kappa shape index (κ1) is 11.3. The molecule has 1 aromatic carbocycles. The molecule has 0 spiro atoms. The first-order chi connectivity index (χ1) is 6.53. The van der Waals surface area contributed by atoms with Gasteiger partial charge in [-0.05, 0) is 31.2 Å². The largest absolute Gasteiger partial charge is 0.490 e. The zero-order valence-electron chi connectivity index (χ0n) is 7.97. The minimum Gasteiger partial charge on any atom is -0.490 e. The van der Waals surface area contributed by atoms with Crippen molar-refractivity contribution in [1.29, 1.82) is 0 Å². The van der Waals surface area contributed by atoms with Crippen LogP contribution in [0.2, 0.25) is 5.02 Å². The highest BCUT2D eigenvalue weighted by atomic mass is 35.5. The molecule has 0 saturated carbocycles. The highest BCUT2D eigenvalue weighted by molar-refractivity contribution is 6.30. The van der Waals surface area contributed by atoms with Crippen molar-refractivity contribution >= 4 is 11.6 Å². The number of benzene rings is 1. The van der Waals surface area contributed by atoms with Gasteiger partial charge in [0, 0.05) is 11.6 Å². The van der Waals surface area contributed by atoms with E-state index in [4.69, 9.17) is 22.1 Å². The molecule has 1 aromatic rings. The second-order valence-electron chi connectivity index (χ2n) is 3.36. The summed E-state index contributed by atoms with van der Waals surface area (Å²) in [5, 5.41) is 0.624. The van der Waals surface area contributed by atoms with Crippen LogP contribution in [-0.4, -0.2) is 18.8 Å². The number of halogens is 2. The van der Waals surface area contributed by atoms with Crippen LogP contribution in [0.3, 0.4) is 0 Å². The fraction of sp³-hybridized carbons (Fsp3) is 0.400. The first-order valence-electron chi connectivity index (χ1n) is 4.31. The maximum absolute atomic E-state index is 13.3. The molecule has 1 unspecified atom stereocenters. The molecule has 0 heterocycles. The maximum Gasteiger partial charge on any atom is 0.154 e. The predicted molar refractivity (Wildman–Crippen MR) is 55.5 cm³/mol. The van der Waals surface area contributed by atoms with Crippen LogP contribution in [0.25, 0.3) is 0 Å². The average molecular weight is 218 g/mol. The lowest BCUT2D eigenvalue weighted by atomic mass is 10.1. The Morgan fingerprint density at radius 2 is 2.00 bits per heavy atom. The van der Waals surface area contributed by atoms with Crippen LogP contribution < -0.4 is 10.5 Å². The van der Waals surface area contributed by atoms with Crippen LogP contribution in [0.1, 0.15) is 6.92 Å². The van der Waals surface area contributed by atoms with Crippen molar-refractivity contribution in [1.82, 2.24) is 0 Å². The van der Waals surface area contributed by atoms with Gasteiger partial charge in [-0.3, -0.25) is 0 Å². The Balaban J connectivity index is 2.50. The van der Waals surface area contributed by atoms with Gasteiger partial charge >= 0.3 is 0 Å². The second-order valence-corrected chi connectivity index (χ2v) is 3.80. The molecule has 78 valence electrons. The highest BCUT2D eigenvalue weighted by Crippen LogP contribution is 2.17. The summed E-state index contributed by atoms with van der Waals surface area (Å²) in [5.41, 5.74) is 3.73. The maximum atomic E-state index is 13.3. The van der Waals surface area contributed by atoms with Crippen molar-refractivity contribution in [3.63, 3.8) is 0 Å². The number of alkyl halides is 1. The van der Waals surface area contributed by atoms with Crippen molar-refractivity contribution < 1.29 is 9.13 Å². The molecule has 14 heavy (non-hydrogen) atoms. The molecule has 0 aliphatic heterocycles. The Morgan fingerprint density at radius 1 is 1.43 bits per heavy atom. The Labute approximate surface area is 87.8 Å². The Kier molecular flexibility index (Phi) is 3.72. The fourth-order valence-electron chi connectivity index (χ4n) is 0.824. The van der Waals surface area contributed by atoms with Gasteiger partial charge in [0.15, 0.2) is 5.67 Å². The molecule has 1 rings (SSSR count). The third-order valence-corrected chi connectivity index (χ3v) is 2.03. The number of hydrogen-bond acceptors (Lipinski definition) is 2. The van der Waals surface area contributed by atoms with Crippen molar-refractivity contribution in [2.45, 2.75) is 12.6 Å². The minimum atomic E-state index is -1.49. The smallest absolute Gasteiger partial charge is 0.154 e. The van der Waals surface area contributed by atoms with Crippen molar-refractivity contribution in [3.05, 3.63) is 29.3 Å². The zero-order chi connectivity index (χ0) is 10.6. The van der Waals surface area contributed by atoms with Crippen molar-refractivity contribution in [2.75, 3.05) is 13.2 Å². The molecular formula is C10H13ClFNO. The number of hydrogen-bond donors (Lipinski definition) is 1. The molecular weight excluding hydrogens is 205 g/mol. The summed E-state index contributed by atoms with van der Waals surface area (Å²) in [5.74, 6) is 0.590. The summed E-state index contributed by atoms with van der Waals surface area (Å²) in [6.45, 7) is 1.30. The Bertz CT molecular complexity index is 287. The third-order valence-electron chi connectivity index (χ3n) is 1.78. The van der Waals surface area contributed by atoms with E-state index in [-0.39, 0.29) is 13.2 Å². The van der Waals surface area contributed by atoms with Crippen molar-refractivity contribution in [3.8, 4) is 5.75 Å². The van der Waals surface area contributed by atoms with E-state index in [2.05, 4.69) is 0 Å². The highest BCUT2D eigenvalue weighted by Gasteiger charge is 2.21. The van der Waals surface area contributed by atoms with E-state index in [9.17, 15) is 4.39 Å². The second kappa shape index (κ2) is 4.62. The SMILES string of the molecule is CC(F)(CN)COc1ccc(Cl)cc1. The Morgan fingerprint density at radius 3 is 2.50 bits per heavy atom. The summed E-state index contributed by atoms with van der Waals surface area (Å²) in [6.07, 6.45) is 0. The predicted octanol–water partition coefficient (Wildman–Crippen LogP) is 2.41. The number of ether oxygens (including phenoxy) is 1. The standard InChI is InChI=1S/C10H13ClFNO/c1-10(12,6-13)7-14-9-4-2-8(11)3-5-9/h2-5H,6-7,13H2,1H3. The van der Waals surface area contributed by atoms with E-state index >= 15 is 0 Å². The van der Waals surface area contributed by atoms with Gasteiger partial charge in [0.05, 0.1) is 0 Å². The molecule has 1 atom stereocenters. The van der Waals surface area contributed by atoms with Crippen LogP contribution in [0.5, 0.6) is 5.75 Å². The molecule has 4 heteroatoms. The van der Waals surface area contributed by atoms with Gasteiger partial charge in [0.25, 0.3) is 0 Å². The molecule has 2 N–H and O–H groups in total. The quantitative estimate of drug-likeness (QED) is 0.841. The molecule has 0 aromatic heterocycles. The molecule has 0 radical (unpaired) electrons. The molecule has 2 nitrogen and oxygen atoms in total. The van der Waals surface area contributed by atoms with Crippen LogP contribution in [0.4, 0.5) is 4.39 Å². The van der Waals surface area contributed by atoms with Gasteiger partial charge in [-0.15, -0.1) is 0 Å².